The van der Waals surface area contributed by atoms with E-state index < -0.39 is 0 Å². The number of rotatable bonds is 7. The average molecular weight is 343 g/mol. The van der Waals surface area contributed by atoms with Crippen LogP contribution < -0.4 is 10.5 Å². The van der Waals surface area contributed by atoms with Crippen molar-refractivity contribution in [3.05, 3.63) is 28.2 Å². The lowest BCUT2D eigenvalue weighted by molar-refractivity contribution is -0.132. The zero-order chi connectivity index (χ0) is 15.1. The predicted octanol–water partition coefficient (Wildman–Crippen LogP) is 2.59. The molecule has 112 valence electrons. The second-order valence-corrected chi connectivity index (χ2v) is 5.64. The molecule has 0 heterocycles. The van der Waals surface area contributed by atoms with Gasteiger partial charge in [0.15, 0.2) is 6.61 Å². The molecule has 2 N–H and O–H groups in total. The molecule has 0 radical (unpaired) electrons. The molecule has 0 saturated carbocycles. The summed E-state index contributed by atoms with van der Waals surface area (Å²) in [7, 11) is 0. The second-order valence-electron chi connectivity index (χ2n) is 4.79. The molecule has 1 unspecified atom stereocenters. The Balaban J connectivity index is 2.66. The van der Waals surface area contributed by atoms with Crippen LogP contribution in [0.4, 0.5) is 0 Å². The van der Waals surface area contributed by atoms with Crippen molar-refractivity contribution >= 4 is 21.8 Å². The van der Waals surface area contributed by atoms with Gasteiger partial charge in [-0.25, -0.2) is 0 Å². The smallest absolute Gasteiger partial charge is 0.260 e. The monoisotopic (exact) mass is 342 g/mol. The topological polar surface area (TPSA) is 55.6 Å². The Morgan fingerprint density at radius 3 is 2.60 bits per heavy atom. The number of amides is 1. The van der Waals surface area contributed by atoms with Gasteiger partial charge in [0.25, 0.3) is 5.91 Å². The van der Waals surface area contributed by atoms with E-state index in [2.05, 4.69) is 15.9 Å². The Labute approximate surface area is 129 Å². The van der Waals surface area contributed by atoms with Crippen LogP contribution in [0.15, 0.2) is 22.7 Å². The number of carbonyl (C=O) groups excluding carboxylic acids is 1. The van der Waals surface area contributed by atoms with E-state index in [9.17, 15) is 4.79 Å². The number of halogens is 1. The molecule has 1 amide bonds. The SMILES string of the molecule is CCN(CC)C(=O)COc1ccc(Br)c(CC(C)N)c1. The lowest BCUT2D eigenvalue weighted by Gasteiger charge is -2.19. The highest BCUT2D eigenvalue weighted by molar-refractivity contribution is 9.10. The minimum absolute atomic E-state index is 0.00617. The Kier molecular flexibility index (Phi) is 7.02. The third kappa shape index (κ3) is 5.13. The lowest BCUT2D eigenvalue weighted by Crippen LogP contribution is -2.34. The molecule has 5 heteroatoms. The average Bonchev–Trinajstić information content (AvgIpc) is 2.40. The molecule has 1 aromatic rings. The Morgan fingerprint density at radius 2 is 2.05 bits per heavy atom. The van der Waals surface area contributed by atoms with Crippen LogP contribution in [-0.2, 0) is 11.2 Å². The maximum absolute atomic E-state index is 11.9. The first-order valence-electron chi connectivity index (χ1n) is 6.92. The molecule has 1 aromatic carbocycles. The lowest BCUT2D eigenvalue weighted by atomic mass is 10.1. The first-order valence-corrected chi connectivity index (χ1v) is 7.71. The zero-order valence-corrected chi connectivity index (χ0v) is 13.9. The maximum atomic E-state index is 11.9. The Bertz CT molecular complexity index is 445. The standard InChI is InChI=1S/C15H23BrN2O2/c1-4-18(5-2)15(19)10-20-13-6-7-14(16)12(9-13)8-11(3)17/h6-7,9,11H,4-5,8,10,17H2,1-3H3. The van der Waals surface area contributed by atoms with Crippen molar-refractivity contribution < 1.29 is 9.53 Å². The fraction of sp³-hybridized carbons (Fsp3) is 0.533. The van der Waals surface area contributed by atoms with Gasteiger partial charge in [-0.2, -0.15) is 0 Å². The normalized spacial score (nSPS) is 12.1. The van der Waals surface area contributed by atoms with Gasteiger partial charge in [-0.1, -0.05) is 15.9 Å². The summed E-state index contributed by atoms with van der Waals surface area (Å²) in [6, 6.07) is 5.79. The number of ether oxygens (including phenoxy) is 1. The van der Waals surface area contributed by atoms with Crippen molar-refractivity contribution in [1.82, 2.24) is 4.90 Å². The summed E-state index contributed by atoms with van der Waals surface area (Å²) in [4.78, 5) is 13.6. The van der Waals surface area contributed by atoms with E-state index in [0.29, 0.717) is 18.8 Å². The van der Waals surface area contributed by atoms with Crippen molar-refractivity contribution in [2.75, 3.05) is 19.7 Å². The maximum Gasteiger partial charge on any atom is 0.260 e. The summed E-state index contributed by atoms with van der Waals surface area (Å²) < 4.78 is 6.59. The summed E-state index contributed by atoms with van der Waals surface area (Å²) in [5.74, 6) is 0.705. The molecule has 1 atom stereocenters. The van der Waals surface area contributed by atoms with E-state index in [4.69, 9.17) is 10.5 Å². The van der Waals surface area contributed by atoms with E-state index in [1.54, 1.807) is 4.90 Å². The number of nitrogens with zero attached hydrogens (tertiary/aromatic N) is 1. The molecule has 0 aliphatic rings. The molecule has 0 aliphatic heterocycles. The number of likely N-dealkylation sites (N-methyl/N-ethyl adjacent to an activating group) is 1. The molecule has 0 aliphatic carbocycles. The van der Waals surface area contributed by atoms with Crippen LogP contribution in [0.5, 0.6) is 5.75 Å². The molecule has 4 nitrogen and oxygen atoms in total. The Morgan fingerprint density at radius 1 is 1.40 bits per heavy atom. The highest BCUT2D eigenvalue weighted by Gasteiger charge is 2.11. The highest BCUT2D eigenvalue weighted by Crippen LogP contribution is 2.23. The molecule has 1 rings (SSSR count). The largest absolute Gasteiger partial charge is 0.484 e. The van der Waals surface area contributed by atoms with Crippen LogP contribution >= 0.6 is 15.9 Å². The highest BCUT2D eigenvalue weighted by atomic mass is 79.9. The summed E-state index contributed by atoms with van der Waals surface area (Å²) in [6.07, 6.45) is 0.766. The third-order valence-corrected chi connectivity index (χ3v) is 3.81. The van der Waals surface area contributed by atoms with Gasteiger partial charge in [-0.15, -0.1) is 0 Å². The van der Waals surface area contributed by atoms with Crippen LogP contribution in [0.1, 0.15) is 26.3 Å². The van der Waals surface area contributed by atoms with Crippen LogP contribution in [-0.4, -0.2) is 36.5 Å². The van der Waals surface area contributed by atoms with Crippen molar-refractivity contribution in [2.45, 2.75) is 33.2 Å². The molecule has 0 fully saturated rings. The van der Waals surface area contributed by atoms with Gasteiger partial charge in [0.05, 0.1) is 0 Å². The van der Waals surface area contributed by atoms with E-state index in [0.717, 1.165) is 16.5 Å². The minimum atomic E-state index is 0.00617. The van der Waals surface area contributed by atoms with Crippen molar-refractivity contribution in [1.29, 1.82) is 0 Å². The Hall–Kier alpha value is -1.07. The van der Waals surface area contributed by atoms with Gasteiger partial charge in [-0.05, 0) is 51.0 Å². The molecule has 20 heavy (non-hydrogen) atoms. The number of nitrogens with two attached hydrogens (primary N) is 1. The van der Waals surface area contributed by atoms with Crippen LogP contribution in [0.25, 0.3) is 0 Å². The van der Waals surface area contributed by atoms with E-state index in [1.165, 1.54) is 0 Å². The second kappa shape index (κ2) is 8.27. The molecule has 0 aromatic heterocycles. The number of benzene rings is 1. The van der Waals surface area contributed by atoms with E-state index in [-0.39, 0.29) is 18.6 Å². The van der Waals surface area contributed by atoms with Gasteiger partial charge in [-0.3, -0.25) is 4.79 Å². The van der Waals surface area contributed by atoms with Crippen LogP contribution in [0, 0.1) is 0 Å². The predicted molar refractivity (Wildman–Crippen MR) is 84.9 cm³/mol. The summed E-state index contributed by atoms with van der Waals surface area (Å²) in [5.41, 5.74) is 6.91. The number of hydrogen-bond acceptors (Lipinski definition) is 3. The molecule has 0 spiro atoms. The van der Waals surface area contributed by atoms with Gasteiger partial charge in [0.2, 0.25) is 0 Å². The summed E-state index contributed by atoms with van der Waals surface area (Å²) >= 11 is 3.50. The fourth-order valence-electron chi connectivity index (χ4n) is 1.96. The summed E-state index contributed by atoms with van der Waals surface area (Å²) in [6.45, 7) is 7.36. The summed E-state index contributed by atoms with van der Waals surface area (Å²) in [5, 5.41) is 0. The number of carbonyl (C=O) groups is 1. The van der Waals surface area contributed by atoms with Gasteiger partial charge in [0.1, 0.15) is 5.75 Å². The van der Waals surface area contributed by atoms with Crippen molar-refractivity contribution in [3.8, 4) is 5.75 Å². The molecule has 0 saturated heterocycles. The third-order valence-electron chi connectivity index (χ3n) is 3.04. The van der Waals surface area contributed by atoms with Gasteiger partial charge in [0, 0.05) is 23.6 Å². The van der Waals surface area contributed by atoms with Gasteiger partial charge < -0.3 is 15.4 Å². The first-order chi connectivity index (χ1) is 9.47. The van der Waals surface area contributed by atoms with Crippen molar-refractivity contribution in [2.24, 2.45) is 5.73 Å². The number of hydrogen-bond donors (Lipinski definition) is 1. The first kappa shape index (κ1) is 17.0. The zero-order valence-electron chi connectivity index (χ0n) is 12.4. The quantitative estimate of drug-likeness (QED) is 0.828. The van der Waals surface area contributed by atoms with Crippen LogP contribution in [0.2, 0.25) is 0 Å². The minimum Gasteiger partial charge on any atom is -0.484 e. The van der Waals surface area contributed by atoms with Crippen molar-refractivity contribution in [3.63, 3.8) is 0 Å². The van der Waals surface area contributed by atoms with Crippen LogP contribution in [0.3, 0.4) is 0 Å². The fourth-order valence-corrected chi connectivity index (χ4v) is 2.37. The van der Waals surface area contributed by atoms with E-state index >= 15 is 0 Å². The van der Waals surface area contributed by atoms with E-state index in [1.807, 2.05) is 39.0 Å². The van der Waals surface area contributed by atoms with Gasteiger partial charge >= 0.3 is 0 Å². The molecular formula is C15H23BrN2O2. The molecule has 0 bridgehead atoms. The molecular weight excluding hydrogens is 320 g/mol.